The summed E-state index contributed by atoms with van der Waals surface area (Å²) < 4.78 is 0. The number of aryl methyl sites for hydroxylation is 1. The van der Waals surface area contributed by atoms with Crippen LogP contribution in [0.4, 0.5) is 5.69 Å². The van der Waals surface area contributed by atoms with E-state index in [9.17, 15) is 9.59 Å². The van der Waals surface area contributed by atoms with Crippen molar-refractivity contribution >= 4 is 17.5 Å². The molecule has 1 aliphatic heterocycles. The highest BCUT2D eigenvalue weighted by molar-refractivity contribution is 6.20. The number of anilines is 1. The molecule has 2 bridgehead atoms. The third-order valence-electron chi connectivity index (χ3n) is 5.22. The Labute approximate surface area is 124 Å². The number of carbonyl (C=O) groups excluding carboxylic acids is 2. The molecule has 0 N–H and O–H groups in total. The summed E-state index contributed by atoms with van der Waals surface area (Å²) in [5.41, 5.74) is 3.15. The summed E-state index contributed by atoms with van der Waals surface area (Å²) in [6, 6.07) is 6.25. The van der Waals surface area contributed by atoms with Crippen molar-refractivity contribution in [1.29, 1.82) is 0 Å². The molecule has 3 nitrogen and oxygen atoms in total. The minimum atomic E-state index is -0.0706. The number of allylic oxidation sites excluding steroid dienone is 2. The standard InChI is InChI=1S/C18H19NO2/c1-11-8-13(15-10-12-2-3-14(15)9-12)4-5-16(11)19-17(20)6-7-18(19)21/h2-5,8,12,14-15H,6-7,9-10H2,1H3. The van der Waals surface area contributed by atoms with E-state index in [2.05, 4.69) is 24.3 Å². The van der Waals surface area contributed by atoms with Gasteiger partial charge in [0, 0.05) is 12.8 Å². The van der Waals surface area contributed by atoms with Crippen molar-refractivity contribution in [2.24, 2.45) is 11.8 Å². The molecule has 108 valence electrons. The summed E-state index contributed by atoms with van der Waals surface area (Å²) in [7, 11) is 0. The maximum Gasteiger partial charge on any atom is 0.234 e. The van der Waals surface area contributed by atoms with Crippen LogP contribution < -0.4 is 4.90 Å². The largest absolute Gasteiger partial charge is 0.274 e. The third-order valence-corrected chi connectivity index (χ3v) is 5.22. The summed E-state index contributed by atoms with van der Waals surface area (Å²) in [4.78, 5) is 25.1. The number of hydrogen-bond donors (Lipinski definition) is 0. The first-order valence-corrected chi connectivity index (χ1v) is 7.78. The summed E-state index contributed by atoms with van der Waals surface area (Å²) in [6.07, 6.45) is 7.92. The Morgan fingerprint density at radius 3 is 2.38 bits per heavy atom. The van der Waals surface area contributed by atoms with Crippen LogP contribution in [-0.2, 0) is 9.59 Å². The van der Waals surface area contributed by atoms with Gasteiger partial charge in [0.05, 0.1) is 5.69 Å². The average molecular weight is 281 g/mol. The van der Waals surface area contributed by atoms with Crippen molar-refractivity contribution in [3.05, 3.63) is 41.5 Å². The van der Waals surface area contributed by atoms with E-state index in [0.717, 1.165) is 17.2 Å². The maximum absolute atomic E-state index is 11.9. The minimum Gasteiger partial charge on any atom is -0.274 e. The number of fused-ring (bicyclic) bond motifs is 2. The zero-order valence-electron chi connectivity index (χ0n) is 12.2. The van der Waals surface area contributed by atoms with Gasteiger partial charge in [-0.05, 0) is 54.7 Å². The molecule has 3 unspecified atom stereocenters. The van der Waals surface area contributed by atoms with Crippen molar-refractivity contribution in [3.8, 4) is 0 Å². The predicted molar refractivity (Wildman–Crippen MR) is 81.0 cm³/mol. The second kappa shape index (κ2) is 4.55. The molecule has 3 heteroatoms. The van der Waals surface area contributed by atoms with Gasteiger partial charge in [0.25, 0.3) is 0 Å². The average Bonchev–Trinajstić information content (AvgIpc) is 3.16. The van der Waals surface area contributed by atoms with Crippen LogP contribution in [0.25, 0.3) is 0 Å². The van der Waals surface area contributed by atoms with Gasteiger partial charge in [0.15, 0.2) is 0 Å². The van der Waals surface area contributed by atoms with E-state index < -0.39 is 0 Å². The number of hydrogen-bond acceptors (Lipinski definition) is 2. The second-order valence-corrected chi connectivity index (χ2v) is 6.56. The lowest BCUT2D eigenvalue weighted by Crippen LogP contribution is -2.29. The Bertz CT molecular complexity index is 645. The Balaban J connectivity index is 1.65. The van der Waals surface area contributed by atoms with Crippen LogP contribution in [0.5, 0.6) is 0 Å². The number of rotatable bonds is 2. The molecule has 1 aromatic rings. The Hall–Kier alpha value is -1.90. The smallest absolute Gasteiger partial charge is 0.234 e. The molecule has 4 rings (SSSR count). The fourth-order valence-corrected chi connectivity index (χ4v) is 4.17. The molecular formula is C18H19NO2. The first-order chi connectivity index (χ1) is 10.1. The maximum atomic E-state index is 11.9. The lowest BCUT2D eigenvalue weighted by molar-refractivity contribution is -0.121. The monoisotopic (exact) mass is 281 g/mol. The molecule has 21 heavy (non-hydrogen) atoms. The molecule has 2 amide bonds. The van der Waals surface area contributed by atoms with E-state index in [4.69, 9.17) is 0 Å². The molecule has 1 aromatic carbocycles. The van der Waals surface area contributed by atoms with Gasteiger partial charge >= 0.3 is 0 Å². The van der Waals surface area contributed by atoms with Gasteiger partial charge in [-0.15, -0.1) is 0 Å². The fourth-order valence-electron chi connectivity index (χ4n) is 4.17. The van der Waals surface area contributed by atoms with Crippen LogP contribution in [0.2, 0.25) is 0 Å². The highest BCUT2D eigenvalue weighted by atomic mass is 16.2. The number of carbonyl (C=O) groups is 2. The topological polar surface area (TPSA) is 37.4 Å². The molecule has 0 spiro atoms. The zero-order chi connectivity index (χ0) is 14.6. The van der Waals surface area contributed by atoms with E-state index in [-0.39, 0.29) is 11.8 Å². The SMILES string of the molecule is Cc1cc(C2CC3C=CC2C3)ccc1N1C(=O)CCC1=O. The predicted octanol–water partition coefficient (Wildman–Crippen LogP) is 3.33. The van der Waals surface area contributed by atoms with Crippen LogP contribution in [-0.4, -0.2) is 11.8 Å². The van der Waals surface area contributed by atoms with E-state index in [0.29, 0.717) is 24.7 Å². The van der Waals surface area contributed by atoms with Crippen LogP contribution in [0, 0.1) is 18.8 Å². The molecule has 3 atom stereocenters. The van der Waals surface area contributed by atoms with Crippen molar-refractivity contribution in [2.75, 3.05) is 4.90 Å². The number of amides is 2. The van der Waals surface area contributed by atoms with Crippen LogP contribution in [0.1, 0.15) is 42.7 Å². The van der Waals surface area contributed by atoms with Crippen molar-refractivity contribution < 1.29 is 9.59 Å². The molecule has 0 aromatic heterocycles. The van der Waals surface area contributed by atoms with Crippen LogP contribution in [0.15, 0.2) is 30.4 Å². The zero-order valence-corrected chi connectivity index (χ0v) is 12.2. The van der Waals surface area contributed by atoms with Gasteiger partial charge in [-0.25, -0.2) is 0 Å². The highest BCUT2D eigenvalue weighted by Gasteiger charge is 2.37. The van der Waals surface area contributed by atoms with Gasteiger partial charge in [0.2, 0.25) is 11.8 Å². The van der Waals surface area contributed by atoms with Gasteiger partial charge in [-0.2, -0.15) is 0 Å². The first kappa shape index (κ1) is 12.8. The number of benzene rings is 1. The lowest BCUT2D eigenvalue weighted by atomic mass is 9.86. The normalized spacial score (nSPS) is 30.7. The summed E-state index contributed by atoms with van der Waals surface area (Å²) in [6.45, 7) is 2.00. The van der Waals surface area contributed by atoms with Crippen molar-refractivity contribution in [2.45, 2.75) is 38.5 Å². The Morgan fingerprint density at radius 2 is 1.81 bits per heavy atom. The summed E-state index contributed by atoms with van der Waals surface area (Å²) >= 11 is 0. The van der Waals surface area contributed by atoms with Crippen LogP contribution in [0.3, 0.4) is 0 Å². The third kappa shape index (κ3) is 1.95. The van der Waals surface area contributed by atoms with Crippen molar-refractivity contribution in [3.63, 3.8) is 0 Å². The van der Waals surface area contributed by atoms with Crippen molar-refractivity contribution in [1.82, 2.24) is 0 Å². The van der Waals surface area contributed by atoms with E-state index in [1.807, 2.05) is 13.0 Å². The fraction of sp³-hybridized carbons (Fsp3) is 0.444. The number of imide groups is 1. The first-order valence-electron chi connectivity index (χ1n) is 7.78. The number of nitrogens with zero attached hydrogens (tertiary/aromatic N) is 1. The van der Waals surface area contributed by atoms with Crippen LogP contribution >= 0.6 is 0 Å². The quantitative estimate of drug-likeness (QED) is 0.616. The lowest BCUT2D eigenvalue weighted by Gasteiger charge is -2.22. The van der Waals surface area contributed by atoms with E-state index >= 15 is 0 Å². The molecule has 1 saturated carbocycles. The van der Waals surface area contributed by atoms with E-state index in [1.54, 1.807) is 0 Å². The highest BCUT2D eigenvalue weighted by Crippen LogP contribution is 2.49. The van der Waals surface area contributed by atoms with Gasteiger partial charge in [0.1, 0.15) is 0 Å². The molecule has 1 saturated heterocycles. The molecule has 2 aliphatic carbocycles. The Morgan fingerprint density at radius 1 is 1.05 bits per heavy atom. The Kier molecular flexibility index (Phi) is 2.78. The molecule has 3 aliphatic rings. The van der Waals surface area contributed by atoms with Gasteiger partial charge in [-0.1, -0.05) is 24.3 Å². The molecule has 2 fully saturated rings. The second-order valence-electron chi connectivity index (χ2n) is 6.56. The molecule has 0 radical (unpaired) electrons. The van der Waals surface area contributed by atoms with Gasteiger partial charge in [-0.3, -0.25) is 14.5 Å². The minimum absolute atomic E-state index is 0.0706. The van der Waals surface area contributed by atoms with Gasteiger partial charge < -0.3 is 0 Å². The molecule has 1 heterocycles. The summed E-state index contributed by atoms with van der Waals surface area (Å²) in [5, 5.41) is 0. The summed E-state index contributed by atoms with van der Waals surface area (Å²) in [5.74, 6) is 1.90. The molecular weight excluding hydrogens is 262 g/mol. The van der Waals surface area contributed by atoms with E-state index in [1.165, 1.54) is 23.3 Å².